The number of rotatable bonds is 6. The van der Waals surface area contributed by atoms with Crippen molar-refractivity contribution < 1.29 is 14.6 Å². The van der Waals surface area contributed by atoms with Crippen LogP contribution in [0.2, 0.25) is 0 Å². The van der Waals surface area contributed by atoms with Gasteiger partial charge in [-0.2, -0.15) is 0 Å². The van der Waals surface area contributed by atoms with E-state index in [1.807, 2.05) is 37.4 Å². The molecule has 0 aliphatic carbocycles. The summed E-state index contributed by atoms with van der Waals surface area (Å²) in [5.74, 6) is 0.550. The summed E-state index contributed by atoms with van der Waals surface area (Å²) in [5, 5.41) is 10.4. The molecule has 5 nitrogen and oxygen atoms in total. The topological polar surface area (TPSA) is 53.0 Å². The van der Waals surface area contributed by atoms with Gasteiger partial charge < -0.3 is 14.7 Å². The summed E-state index contributed by atoms with van der Waals surface area (Å²) in [4.78, 5) is 16.2. The van der Waals surface area contributed by atoms with Crippen LogP contribution < -0.4 is 0 Å². The molecule has 132 valence electrons. The minimum Gasteiger partial charge on any atom is -0.464 e. The van der Waals surface area contributed by atoms with Crippen LogP contribution in [0.5, 0.6) is 0 Å². The average Bonchev–Trinajstić information content (AvgIpc) is 3.03. The molecule has 2 fully saturated rings. The van der Waals surface area contributed by atoms with Gasteiger partial charge in [0.25, 0.3) is 0 Å². The zero-order valence-corrected chi connectivity index (χ0v) is 14.4. The fraction of sp³-hybridized carbons (Fsp3) is 0.632. The monoisotopic (exact) mass is 332 g/mol. The Morgan fingerprint density at radius 3 is 2.58 bits per heavy atom. The molecule has 3 rings (SSSR count). The van der Waals surface area contributed by atoms with Gasteiger partial charge in [-0.25, -0.2) is 0 Å². The van der Waals surface area contributed by atoms with Gasteiger partial charge in [-0.1, -0.05) is 30.3 Å². The van der Waals surface area contributed by atoms with Gasteiger partial charge in [0.15, 0.2) is 0 Å². The number of β-amino-alcohol motifs (C(OH)–C–C–N with tert-alkyl or cyclic N) is 1. The Bertz CT molecular complexity index is 529. The number of aliphatic hydroxyl groups excluding tert-OH is 1. The second-order valence-electron chi connectivity index (χ2n) is 7.08. The normalized spacial score (nSPS) is 24.3. The third-order valence-electron chi connectivity index (χ3n) is 5.31. The summed E-state index contributed by atoms with van der Waals surface area (Å²) in [7, 11) is 2.03. The number of piperidine rings is 1. The fourth-order valence-corrected chi connectivity index (χ4v) is 3.80. The third kappa shape index (κ3) is 4.35. The second-order valence-corrected chi connectivity index (χ2v) is 7.08. The van der Waals surface area contributed by atoms with Crippen molar-refractivity contribution in [3.63, 3.8) is 0 Å². The molecule has 2 atom stereocenters. The van der Waals surface area contributed by atoms with Crippen LogP contribution >= 0.6 is 0 Å². The summed E-state index contributed by atoms with van der Waals surface area (Å²) in [6.07, 6.45) is 2.64. The van der Waals surface area contributed by atoms with Crippen molar-refractivity contribution in [2.45, 2.75) is 31.4 Å². The Kier molecular flexibility index (Phi) is 5.87. The van der Waals surface area contributed by atoms with E-state index in [0.29, 0.717) is 19.1 Å². The van der Waals surface area contributed by atoms with Crippen molar-refractivity contribution in [3.8, 4) is 0 Å². The Morgan fingerprint density at radius 2 is 1.96 bits per heavy atom. The number of likely N-dealkylation sites (tertiary alicyclic amines) is 1. The summed E-state index contributed by atoms with van der Waals surface area (Å²) < 4.78 is 5.06. The van der Waals surface area contributed by atoms with Gasteiger partial charge in [-0.05, 0) is 44.5 Å². The van der Waals surface area contributed by atoms with Crippen molar-refractivity contribution in [3.05, 3.63) is 35.9 Å². The molecule has 0 amide bonds. The number of nitrogens with zero attached hydrogens (tertiary/aromatic N) is 2. The van der Waals surface area contributed by atoms with E-state index in [4.69, 9.17) is 4.74 Å². The maximum absolute atomic E-state index is 11.7. The fourth-order valence-electron chi connectivity index (χ4n) is 3.80. The first kappa shape index (κ1) is 17.4. The molecule has 1 aromatic rings. The smallest absolute Gasteiger partial charge is 0.323 e. The number of hydrogen-bond acceptors (Lipinski definition) is 5. The van der Waals surface area contributed by atoms with Gasteiger partial charge in [0.05, 0.1) is 12.7 Å². The van der Waals surface area contributed by atoms with Crippen LogP contribution in [0.3, 0.4) is 0 Å². The van der Waals surface area contributed by atoms with E-state index in [1.54, 1.807) is 0 Å². The van der Waals surface area contributed by atoms with E-state index in [0.717, 1.165) is 44.5 Å². The number of esters is 1. The number of ether oxygens (including phenoxy) is 1. The zero-order chi connectivity index (χ0) is 16.9. The van der Waals surface area contributed by atoms with Gasteiger partial charge in [0.1, 0.15) is 6.04 Å². The van der Waals surface area contributed by atoms with Crippen LogP contribution in [0.25, 0.3) is 0 Å². The molecule has 2 heterocycles. The van der Waals surface area contributed by atoms with Gasteiger partial charge in [0, 0.05) is 19.5 Å². The van der Waals surface area contributed by atoms with Crippen LogP contribution in [0, 0.1) is 5.92 Å². The van der Waals surface area contributed by atoms with Crippen molar-refractivity contribution >= 4 is 5.97 Å². The highest BCUT2D eigenvalue weighted by atomic mass is 16.5. The lowest BCUT2D eigenvalue weighted by atomic mass is 9.95. The summed E-state index contributed by atoms with van der Waals surface area (Å²) >= 11 is 0. The Hall–Kier alpha value is -1.43. The lowest BCUT2D eigenvalue weighted by Crippen LogP contribution is -2.43. The predicted molar refractivity (Wildman–Crippen MR) is 92.6 cm³/mol. The van der Waals surface area contributed by atoms with E-state index in [1.165, 1.54) is 0 Å². The molecule has 0 aromatic heterocycles. The highest BCUT2D eigenvalue weighted by Crippen LogP contribution is 2.23. The van der Waals surface area contributed by atoms with Crippen LogP contribution in [-0.4, -0.2) is 66.8 Å². The summed E-state index contributed by atoms with van der Waals surface area (Å²) in [6, 6.07) is 9.81. The van der Waals surface area contributed by atoms with Gasteiger partial charge in [-0.15, -0.1) is 0 Å². The second kappa shape index (κ2) is 8.10. The molecule has 5 heteroatoms. The largest absolute Gasteiger partial charge is 0.464 e. The molecule has 24 heavy (non-hydrogen) atoms. The molecule has 2 aliphatic heterocycles. The SMILES string of the molecule is CN(CC1CCN(C[C@@H](O)c2ccccc2)CC1)[C@@H]1CCOC1=O. The minimum atomic E-state index is -0.418. The lowest BCUT2D eigenvalue weighted by Gasteiger charge is -2.35. The minimum absolute atomic E-state index is 0.0528. The van der Waals surface area contributed by atoms with E-state index in [2.05, 4.69) is 9.80 Å². The first-order valence-corrected chi connectivity index (χ1v) is 8.95. The summed E-state index contributed by atoms with van der Waals surface area (Å²) in [5.41, 5.74) is 0.985. The highest BCUT2D eigenvalue weighted by Gasteiger charge is 2.32. The van der Waals surface area contributed by atoms with E-state index >= 15 is 0 Å². The van der Waals surface area contributed by atoms with Gasteiger partial charge in [0.2, 0.25) is 0 Å². The number of cyclic esters (lactones) is 1. The summed E-state index contributed by atoms with van der Waals surface area (Å²) in [6.45, 7) is 4.23. The average molecular weight is 332 g/mol. The highest BCUT2D eigenvalue weighted by molar-refractivity contribution is 5.77. The number of benzene rings is 1. The molecule has 2 aliphatic rings. The van der Waals surface area contributed by atoms with Gasteiger partial charge >= 0.3 is 5.97 Å². The van der Waals surface area contributed by atoms with Crippen molar-refractivity contribution in [2.24, 2.45) is 5.92 Å². The molecule has 2 saturated heterocycles. The maximum Gasteiger partial charge on any atom is 0.323 e. The number of carbonyl (C=O) groups excluding carboxylic acids is 1. The Labute approximate surface area is 144 Å². The molecule has 0 spiro atoms. The first-order chi connectivity index (χ1) is 11.6. The van der Waals surface area contributed by atoms with Crippen molar-refractivity contribution in [1.29, 1.82) is 0 Å². The van der Waals surface area contributed by atoms with Crippen LogP contribution in [0.4, 0.5) is 0 Å². The van der Waals surface area contributed by atoms with Crippen molar-refractivity contribution in [1.82, 2.24) is 9.80 Å². The molecular weight excluding hydrogens is 304 g/mol. The zero-order valence-electron chi connectivity index (χ0n) is 14.4. The lowest BCUT2D eigenvalue weighted by molar-refractivity contribution is -0.142. The molecule has 1 aromatic carbocycles. The Balaban J connectivity index is 1.41. The molecular formula is C19H28N2O3. The van der Waals surface area contributed by atoms with E-state index in [9.17, 15) is 9.90 Å². The first-order valence-electron chi connectivity index (χ1n) is 8.95. The van der Waals surface area contributed by atoms with Gasteiger partial charge in [-0.3, -0.25) is 9.69 Å². The quantitative estimate of drug-likeness (QED) is 0.803. The van der Waals surface area contributed by atoms with E-state index < -0.39 is 6.10 Å². The standard InChI is InChI=1S/C19H28N2O3/c1-20(17-9-12-24-19(17)23)13-15-7-10-21(11-8-15)14-18(22)16-5-3-2-4-6-16/h2-6,15,17-18,22H,7-14H2,1H3/t17-,18-/m1/s1. The number of hydrogen-bond donors (Lipinski definition) is 1. The van der Waals surface area contributed by atoms with Crippen molar-refractivity contribution in [2.75, 3.05) is 39.8 Å². The molecule has 0 saturated carbocycles. The third-order valence-corrected chi connectivity index (χ3v) is 5.31. The van der Waals surface area contributed by atoms with Crippen LogP contribution in [0.1, 0.15) is 30.9 Å². The van der Waals surface area contributed by atoms with Crippen LogP contribution in [-0.2, 0) is 9.53 Å². The molecule has 0 radical (unpaired) electrons. The van der Waals surface area contributed by atoms with Crippen LogP contribution in [0.15, 0.2) is 30.3 Å². The Morgan fingerprint density at radius 1 is 1.25 bits per heavy atom. The number of likely N-dealkylation sites (N-methyl/N-ethyl adjacent to an activating group) is 1. The predicted octanol–water partition coefficient (Wildman–Crippen LogP) is 1.68. The molecule has 1 N–H and O–H groups in total. The molecule has 0 bridgehead atoms. The van der Waals surface area contributed by atoms with E-state index in [-0.39, 0.29) is 12.0 Å². The number of carbonyl (C=O) groups is 1. The number of aliphatic hydroxyl groups is 1. The molecule has 0 unspecified atom stereocenters. The maximum atomic E-state index is 11.7.